The van der Waals surface area contributed by atoms with Gasteiger partial charge in [-0.2, -0.15) is 0 Å². The molecular formula is C13H18N2O2. The average molecular weight is 234 g/mol. The van der Waals surface area contributed by atoms with Crippen LogP contribution in [0.25, 0.3) is 0 Å². The van der Waals surface area contributed by atoms with Gasteiger partial charge < -0.3 is 10.1 Å². The maximum Gasteiger partial charge on any atom is 0.225 e. The first-order valence-electron chi connectivity index (χ1n) is 5.80. The Bertz CT molecular complexity index is 383. The van der Waals surface area contributed by atoms with Gasteiger partial charge in [-0.15, -0.1) is 0 Å². The molecule has 0 aromatic heterocycles. The molecule has 0 bridgehead atoms. The number of benzene rings is 1. The van der Waals surface area contributed by atoms with Crippen LogP contribution in [0, 0.1) is 5.92 Å². The average Bonchev–Trinajstić information content (AvgIpc) is 2.33. The molecule has 1 heterocycles. The zero-order valence-electron chi connectivity index (χ0n) is 10.3. The Kier molecular flexibility index (Phi) is 3.64. The predicted octanol–water partition coefficient (Wildman–Crippen LogP) is 0.873. The van der Waals surface area contributed by atoms with E-state index in [1.807, 2.05) is 12.1 Å². The molecule has 1 fully saturated rings. The fourth-order valence-electron chi connectivity index (χ4n) is 2.06. The van der Waals surface area contributed by atoms with Crippen molar-refractivity contribution >= 4 is 5.91 Å². The number of rotatable bonds is 4. The second kappa shape index (κ2) is 5.19. The molecule has 1 aliphatic rings. The van der Waals surface area contributed by atoms with E-state index in [1.165, 1.54) is 5.56 Å². The summed E-state index contributed by atoms with van der Waals surface area (Å²) in [6, 6.07) is 8.05. The van der Waals surface area contributed by atoms with Crippen LogP contribution in [-0.4, -0.2) is 38.1 Å². The van der Waals surface area contributed by atoms with Crippen molar-refractivity contribution in [2.24, 2.45) is 5.92 Å². The van der Waals surface area contributed by atoms with E-state index in [4.69, 9.17) is 4.74 Å². The minimum Gasteiger partial charge on any atom is -0.497 e. The summed E-state index contributed by atoms with van der Waals surface area (Å²) in [5, 5.41) is 2.68. The van der Waals surface area contributed by atoms with Gasteiger partial charge in [0.15, 0.2) is 0 Å². The third-order valence-electron chi connectivity index (χ3n) is 3.14. The van der Waals surface area contributed by atoms with Crippen LogP contribution in [0.15, 0.2) is 24.3 Å². The van der Waals surface area contributed by atoms with Crippen LogP contribution >= 0.6 is 0 Å². The summed E-state index contributed by atoms with van der Waals surface area (Å²) in [5.41, 5.74) is 1.25. The molecule has 0 aliphatic carbocycles. The summed E-state index contributed by atoms with van der Waals surface area (Å²) in [7, 11) is 3.35. The smallest absolute Gasteiger partial charge is 0.225 e. The molecule has 1 aromatic carbocycles. The van der Waals surface area contributed by atoms with Crippen LogP contribution in [0.4, 0.5) is 0 Å². The molecule has 0 spiro atoms. The van der Waals surface area contributed by atoms with E-state index < -0.39 is 0 Å². The first kappa shape index (κ1) is 11.9. The molecule has 1 saturated heterocycles. The molecule has 0 saturated carbocycles. The van der Waals surface area contributed by atoms with E-state index in [0.717, 1.165) is 25.4 Å². The number of nitrogens with one attached hydrogen (secondary N) is 1. The second-order valence-electron chi connectivity index (χ2n) is 4.35. The molecule has 0 radical (unpaired) electrons. The lowest BCUT2D eigenvalue weighted by atomic mass is 9.98. The van der Waals surface area contributed by atoms with Crippen LogP contribution in [0.2, 0.25) is 0 Å². The Morgan fingerprint density at radius 2 is 2.06 bits per heavy atom. The molecule has 2 rings (SSSR count). The first-order valence-corrected chi connectivity index (χ1v) is 5.80. The van der Waals surface area contributed by atoms with E-state index in [-0.39, 0.29) is 11.8 Å². The fourth-order valence-corrected chi connectivity index (χ4v) is 2.06. The SMILES string of the molecule is CNC(=O)C1CN(Cc2ccc(OC)cc2)C1. The lowest BCUT2D eigenvalue weighted by molar-refractivity contribution is -0.129. The van der Waals surface area contributed by atoms with Gasteiger partial charge in [0, 0.05) is 26.7 Å². The van der Waals surface area contributed by atoms with Gasteiger partial charge in [0.25, 0.3) is 0 Å². The molecule has 4 nitrogen and oxygen atoms in total. The topological polar surface area (TPSA) is 41.6 Å². The quantitative estimate of drug-likeness (QED) is 0.840. The van der Waals surface area contributed by atoms with Crippen molar-refractivity contribution in [2.45, 2.75) is 6.54 Å². The van der Waals surface area contributed by atoms with Crippen molar-refractivity contribution in [1.82, 2.24) is 10.2 Å². The monoisotopic (exact) mass is 234 g/mol. The minimum atomic E-state index is 0.149. The van der Waals surface area contributed by atoms with Crippen LogP contribution in [-0.2, 0) is 11.3 Å². The third kappa shape index (κ3) is 2.77. The standard InChI is InChI=1S/C13H18N2O2/c1-14-13(16)11-8-15(9-11)7-10-3-5-12(17-2)6-4-10/h3-6,11H,7-9H2,1-2H3,(H,14,16). The largest absolute Gasteiger partial charge is 0.497 e. The number of hydrogen-bond acceptors (Lipinski definition) is 3. The molecule has 0 atom stereocenters. The Morgan fingerprint density at radius 3 is 2.59 bits per heavy atom. The van der Waals surface area contributed by atoms with Gasteiger partial charge in [-0.1, -0.05) is 12.1 Å². The lowest BCUT2D eigenvalue weighted by Crippen LogP contribution is -2.52. The van der Waals surface area contributed by atoms with Gasteiger partial charge in [0.1, 0.15) is 5.75 Å². The Balaban J connectivity index is 1.81. The zero-order valence-corrected chi connectivity index (χ0v) is 10.3. The van der Waals surface area contributed by atoms with Crippen molar-refractivity contribution in [3.05, 3.63) is 29.8 Å². The number of hydrogen-bond donors (Lipinski definition) is 1. The maximum absolute atomic E-state index is 11.3. The summed E-state index contributed by atoms with van der Waals surface area (Å²) >= 11 is 0. The molecule has 1 aliphatic heterocycles. The number of carbonyl (C=O) groups excluding carboxylic acids is 1. The summed E-state index contributed by atoms with van der Waals surface area (Å²) in [6.07, 6.45) is 0. The second-order valence-corrected chi connectivity index (χ2v) is 4.35. The van der Waals surface area contributed by atoms with Crippen LogP contribution in [0.1, 0.15) is 5.56 Å². The van der Waals surface area contributed by atoms with Gasteiger partial charge in [0.2, 0.25) is 5.91 Å². The first-order chi connectivity index (χ1) is 8.22. The van der Waals surface area contributed by atoms with Crippen molar-refractivity contribution in [3.63, 3.8) is 0 Å². The van der Waals surface area contributed by atoms with Crippen molar-refractivity contribution in [1.29, 1.82) is 0 Å². The molecule has 0 unspecified atom stereocenters. The number of amides is 1. The van der Waals surface area contributed by atoms with Gasteiger partial charge in [-0.3, -0.25) is 9.69 Å². The zero-order chi connectivity index (χ0) is 12.3. The maximum atomic E-state index is 11.3. The summed E-state index contributed by atoms with van der Waals surface area (Å²) in [6.45, 7) is 2.61. The van der Waals surface area contributed by atoms with Crippen LogP contribution in [0.5, 0.6) is 5.75 Å². The van der Waals surface area contributed by atoms with Crippen molar-refractivity contribution < 1.29 is 9.53 Å². The molecule has 1 N–H and O–H groups in total. The predicted molar refractivity (Wildman–Crippen MR) is 65.8 cm³/mol. The molecular weight excluding hydrogens is 216 g/mol. The van der Waals surface area contributed by atoms with E-state index in [2.05, 4.69) is 22.3 Å². The van der Waals surface area contributed by atoms with Gasteiger partial charge in [-0.25, -0.2) is 0 Å². The summed E-state index contributed by atoms with van der Waals surface area (Å²) < 4.78 is 5.11. The molecule has 1 aromatic rings. The molecule has 17 heavy (non-hydrogen) atoms. The van der Waals surface area contributed by atoms with Crippen LogP contribution in [0.3, 0.4) is 0 Å². The fraction of sp³-hybridized carbons (Fsp3) is 0.462. The van der Waals surface area contributed by atoms with E-state index >= 15 is 0 Å². The van der Waals surface area contributed by atoms with Gasteiger partial charge in [-0.05, 0) is 17.7 Å². The number of carbonyl (C=O) groups is 1. The van der Waals surface area contributed by atoms with Gasteiger partial charge in [0.05, 0.1) is 13.0 Å². The Morgan fingerprint density at radius 1 is 1.41 bits per heavy atom. The number of ether oxygens (including phenoxy) is 1. The summed E-state index contributed by atoms with van der Waals surface area (Å²) in [5.74, 6) is 1.19. The highest BCUT2D eigenvalue weighted by Crippen LogP contribution is 2.20. The van der Waals surface area contributed by atoms with Crippen LogP contribution < -0.4 is 10.1 Å². The van der Waals surface area contributed by atoms with Crippen molar-refractivity contribution in [3.8, 4) is 5.75 Å². The lowest BCUT2D eigenvalue weighted by Gasteiger charge is -2.38. The third-order valence-corrected chi connectivity index (χ3v) is 3.14. The molecule has 92 valence electrons. The van der Waals surface area contributed by atoms with E-state index in [0.29, 0.717) is 0 Å². The Hall–Kier alpha value is -1.55. The highest BCUT2D eigenvalue weighted by Gasteiger charge is 2.31. The van der Waals surface area contributed by atoms with E-state index in [1.54, 1.807) is 14.2 Å². The highest BCUT2D eigenvalue weighted by atomic mass is 16.5. The highest BCUT2D eigenvalue weighted by molar-refractivity contribution is 5.79. The molecule has 4 heteroatoms. The van der Waals surface area contributed by atoms with Gasteiger partial charge >= 0.3 is 0 Å². The summed E-state index contributed by atoms with van der Waals surface area (Å²) in [4.78, 5) is 13.6. The van der Waals surface area contributed by atoms with Crippen molar-refractivity contribution in [2.75, 3.05) is 27.2 Å². The number of nitrogens with zero attached hydrogens (tertiary/aromatic N) is 1. The normalized spacial score (nSPS) is 16.4. The van der Waals surface area contributed by atoms with E-state index in [9.17, 15) is 4.79 Å². The Labute approximate surface area is 102 Å². The number of likely N-dealkylation sites (tertiary alicyclic amines) is 1. The minimum absolute atomic E-state index is 0.149. The molecule has 1 amide bonds. The number of methoxy groups -OCH3 is 1.